The molecule has 2 aromatic carbocycles. The van der Waals surface area contributed by atoms with E-state index in [1.807, 2.05) is 68.4 Å². The summed E-state index contributed by atoms with van der Waals surface area (Å²) < 4.78 is 10.9. The van der Waals surface area contributed by atoms with Crippen LogP contribution in [0.25, 0.3) is 0 Å². The van der Waals surface area contributed by atoms with E-state index in [4.69, 9.17) is 9.47 Å². The lowest BCUT2D eigenvalue weighted by molar-refractivity contribution is 0.179. The first-order valence-electron chi connectivity index (χ1n) is 9.77. The number of cyclic esters (lactones) is 1. The Morgan fingerprint density at radius 2 is 1.77 bits per heavy atom. The highest BCUT2D eigenvalue weighted by molar-refractivity contribution is 5.88. The maximum absolute atomic E-state index is 12.0. The fourth-order valence-electron chi connectivity index (χ4n) is 3.16. The largest absolute Gasteiger partial charge is 0.457 e. The minimum atomic E-state index is -0.443. The molecule has 4 rings (SSSR count). The van der Waals surface area contributed by atoms with Gasteiger partial charge < -0.3 is 14.8 Å². The normalized spacial score (nSPS) is 16.8. The minimum Gasteiger partial charge on any atom is -0.457 e. The molecule has 0 aliphatic carbocycles. The minimum absolute atomic E-state index is 0.0617. The molecule has 30 heavy (non-hydrogen) atoms. The highest BCUT2D eigenvalue weighted by Gasteiger charge is 2.33. The molecule has 8 nitrogen and oxygen atoms in total. The predicted molar refractivity (Wildman–Crippen MR) is 113 cm³/mol. The van der Waals surface area contributed by atoms with Crippen molar-refractivity contribution >= 4 is 18.0 Å². The molecule has 1 aromatic heterocycles. The number of amides is 1. The SMILES string of the molecule is Cc1nc(N[C@@H](C)c2ccc(Oc3ccccc3)cc2)nc(N2C(=O)OC[C@@H]2C)n1. The van der Waals surface area contributed by atoms with Crippen LogP contribution in [0.3, 0.4) is 0 Å². The first-order chi connectivity index (χ1) is 14.5. The van der Waals surface area contributed by atoms with Crippen LogP contribution in [0.2, 0.25) is 0 Å². The zero-order valence-corrected chi connectivity index (χ0v) is 17.1. The second kappa shape index (κ2) is 8.36. The van der Waals surface area contributed by atoms with Crippen LogP contribution < -0.4 is 15.0 Å². The third kappa shape index (κ3) is 4.32. The summed E-state index contributed by atoms with van der Waals surface area (Å²) in [4.78, 5) is 26.5. The third-order valence-electron chi connectivity index (χ3n) is 4.74. The molecule has 0 radical (unpaired) electrons. The lowest BCUT2D eigenvalue weighted by atomic mass is 10.1. The van der Waals surface area contributed by atoms with E-state index in [-0.39, 0.29) is 12.1 Å². The topological polar surface area (TPSA) is 89.5 Å². The average molecular weight is 405 g/mol. The lowest BCUT2D eigenvalue weighted by Gasteiger charge is -2.19. The van der Waals surface area contributed by atoms with Crippen molar-refractivity contribution in [2.45, 2.75) is 32.9 Å². The molecule has 3 aromatic rings. The van der Waals surface area contributed by atoms with Crippen LogP contribution in [0, 0.1) is 6.92 Å². The molecule has 2 atom stereocenters. The van der Waals surface area contributed by atoms with Crippen LogP contribution in [0.1, 0.15) is 31.3 Å². The fraction of sp³-hybridized carbons (Fsp3) is 0.273. The second-order valence-electron chi connectivity index (χ2n) is 7.15. The van der Waals surface area contributed by atoms with E-state index in [0.29, 0.717) is 24.3 Å². The molecular formula is C22H23N5O3. The Hall–Kier alpha value is -3.68. The van der Waals surface area contributed by atoms with E-state index in [0.717, 1.165) is 17.1 Å². The summed E-state index contributed by atoms with van der Waals surface area (Å²) in [5.41, 5.74) is 1.05. The van der Waals surface area contributed by atoms with Crippen molar-refractivity contribution in [3.63, 3.8) is 0 Å². The van der Waals surface area contributed by atoms with Crippen molar-refractivity contribution in [2.75, 3.05) is 16.8 Å². The number of nitrogens with one attached hydrogen (secondary N) is 1. The van der Waals surface area contributed by atoms with Crippen LogP contribution >= 0.6 is 0 Å². The third-order valence-corrected chi connectivity index (χ3v) is 4.74. The van der Waals surface area contributed by atoms with Gasteiger partial charge >= 0.3 is 6.09 Å². The van der Waals surface area contributed by atoms with Crippen molar-refractivity contribution in [1.29, 1.82) is 0 Å². The molecule has 0 unspecified atom stereocenters. The summed E-state index contributed by atoms with van der Waals surface area (Å²) in [5, 5.41) is 3.28. The van der Waals surface area contributed by atoms with Gasteiger partial charge in [-0.2, -0.15) is 15.0 Å². The van der Waals surface area contributed by atoms with E-state index in [2.05, 4.69) is 20.3 Å². The summed E-state index contributed by atoms with van der Waals surface area (Å²) in [6.45, 7) is 5.99. The highest BCUT2D eigenvalue weighted by atomic mass is 16.6. The number of ether oxygens (including phenoxy) is 2. The van der Waals surface area contributed by atoms with Gasteiger partial charge in [-0.3, -0.25) is 0 Å². The number of nitrogens with zero attached hydrogens (tertiary/aromatic N) is 4. The second-order valence-corrected chi connectivity index (χ2v) is 7.15. The summed E-state index contributed by atoms with van der Waals surface area (Å²) in [7, 11) is 0. The predicted octanol–water partition coefficient (Wildman–Crippen LogP) is 4.49. The van der Waals surface area contributed by atoms with Crippen LogP contribution in [-0.2, 0) is 4.74 Å². The molecule has 1 aliphatic heterocycles. The molecule has 1 saturated heterocycles. The van der Waals surface area contributed by atoms with Crippen molar-refractivity contribution in [3.05, 3.63) is 66.0 Å². The monoisotopic (exact) mass is 405 g/mol. The number of aryl methyl sites for hydroxylation is 1. The first kappa shape index (κ1) is 19.6. The number of hydrogen-bond donors (Lipinski definition) is 1. The van der Waals surface area contributed by atoms with Gasteiger partial charge in [0, 0.05) is 0 Å². The van der Waals surface area contributed by atoms with Crippen molar-refractivity contribution in [2.24, 2.45) is 0 Å². The van der Waals surface area contributed by atoms with E-state index in [1.54, 1.807) is 6.92 Å². The smallest absolute Gasteiger partial charge is 0.417 e. The Bertz CT molecular complexity index is 1030. The molecule has 1 fully saturated rings. The van der Waals surface area contributed by atoms with Gasteiger partial charge in [0.15, 0.2) is 0 Å². The van der Waals surface area contributed by atoms with Gasteiger partial charge in [0.2, 0.25) is 11.9 Å². The average Bonchev–Trinajstić information content (AvgIpc) is 3.07. The molecule has 0 spiro atoms. The number of carbonyl (C=O) groups excluding carboxylic acids is 1. The molecule has 1 N–H and O–H groups in total. The standard InChI is InChI=1S/C22H23N5O3/c1-14-13-29-22(28)27(14)21-25-16(3)24-20(26-21)23-15(2)17-9-11-19(12-10-17)30-18-7-5-4-6-8-18/h4-12,14-15H,13H2,1-3H3,(H,23,24,25,26)/t14-,15-/m0/s1. The molecule has 8 heteroatoms. The van der Waals surface area contributed by atoms with Gasteiger partial charge in [0.05, 0.1) is 12.1 Å². The number of aromatic nitrogens is 3. The Morgan fingerprint density at radius 3 is 2.43 bits per heavy atom. The highest BCUT2D eigenvalue weighted by Crippen LogP contribution is 2.25. The summed E-state index contributed by atoms with van der Waals surface area (Å²) in [6.07, 6.45) is -0.443. The number of para-hydroxylation sites is 1. The zero-order valence-electron chi connectivity index (χ0n) is 17.1. The van der Waals surface area contributed by atoms with Gasteiger partial charge in [-0.05, 0) is 50.6 Å². The maximum Gasteiger partial charge on any atom is 0.417 e. The Labute approximate surface area is 174 Å². The maximum atomic E-state index is 12.0. The van der Waals surface area contributed by atoms with E-state index < -0.39 is 6.09 Å². The Morgan fingerprint density at radius 1 is 1.07 bits per heavy atom. The van der Waals surface area contributed by atoms with E-state index >= 15 is 0 Å². The lowest BCUT2D eigenvalue weighted by Crippen LogP contribution is -2.33. The summed E-state index contributed by atoms with van der Waals surface area (Å²) in [5.74, 6) is 2.77. The van der Waals surface area contributed by atoms with Crippen LogP contribution in [0.5, 0.6) is 11.5 Å². The molecule has 1 amide bonds. The molecule has 1 aliphatic rings. The molecular weight excluding hydrogens is 382 g/mol. The van der Waals surface area contributed by atoms with Gasteiger partial charge in [-0.15, -0.1) is 0 Å². The number of benzene rings is 2. The number of anilines is 2. The summed E-state index contributed by atoms with van der Waals surface area (Å²) in [6, 6.07) is 17.3. The molecule has 154 valence electrons. The number of hydrogen-bond acceptors (Lipinski definition) is 7. The van der Waals surface area contributed by atoms with Crippen LogP contribution in [0.4, 0.5) is 16.7 Å². The van der Waals surface area contributed by atoms with Gasteiger partial charge in [0.1, 0.15) is 23.9 Å². The van der Waals surface area contributed by atoms with Gasteiger partial charge in [-0.1, -0.05) is 30.3 Å². The first-order valence-corrected chi connectivity index (χ1v) is 9.77. The van der Waals surface area contributed by atoms with Crippen molar-refractivity contribution in [1.82, 2.24) is 15.0 Å². The quantitative estimate of drug-likeness (QED) is 0.646. The van der Waals surface area contributed by atoms with E-state index in [1.165, 1.54) is 4.90 Å². The van der Waals surface area contributed by atoms with Crippen molar-refractivity contribution in [3.8, 4) is 11.5 Å². The van der Waals surface area contributed by atoms with Gasteiger partial charge in [0.25, 0.3) is 0 Å². The van der Waals surface area contributed by atoms with Crippen LogP contribution in [-0.4, -0.2) is 33.7 Å². The Kier molecular flexibility index (Phi) is 5.47. The number of rotatable bonds is 6. The molecule has 0 saturated carbocycles. The van der Waals surface area contributed by atoms with Crippen LogP contribution in [0.15, 0.2) is 54.6 Å². The zero-order chi connectivity index (χ0) is 21.1. The van der Waals surface area contributed by atoms with E-state index in [9.17, 15) is 4.79 Å². The molecule has 0 bridgehead atoms. The van der Waals surface area contributed by atoms with Gasteiger partial charge in [-0.25, -0.2) is 9.69 Å². The summed E-state index contributed by atoms with van der Waals surface area (Å²) >= 11 is 0. The van der Waals surface area contributed by atoms with Crippen molar-refractivity contribution < 1.29 is 14.3 Å². The number of carbonyl (C=O) groups is 1. The fourth-order valence-corrected chi connectivity index (χ4v) is 3.16. The molecule has 2 heterocycles. The Balaban J connectivity index is 1.47.